The maximum absolute atomic E-state index is 6.05. The molecule has 0 bridgehead atoms. The molecule has 2 heteroatoms. The van der Waals surface area contributed by atoms with Gasteiger partial charge in [0.1, 0.15) is 0 Å². The lowest BCUT2D eigenvalue weighted by molar-refractivity contribution is 0.868. The van der Waals surface area contributed by atoms with Crippen LogP contribution in [0.2, 0.25) is 0 Å². The van der Waals surface area contributed by atoms with E-state index in [1.54, 1.807) is 0 Å². The molecular weight excluding hydrogens is 160 g/mol. The van der Waals surface area contributed by atoms with Crippen molar-refractivity contribution >= 4 is 11.4 Å². The highest BCUT2D eigenvalue weighted by atomic mass is 15.1. The number of fused-ring (bicyclic) bond motifs is 1. The Bertz CT molecular complexity index is 327. The van der Waals surface area contributed by atoms with E-state index in [0.29, 0.717) is 0 Å². The summed E-state index contributed by atoms with van der Waals surface area (Å²) >= 11 is 0. The molecule has 0 radical (unpaired) electrons. The number of rotatable bonds is 3. The number of nitrogens with zero attached hydrogens (tertiary/aromatic N) is 1. The van der Waals surface area contributed by atoms with Crippen LogP contribution in [0.5, 0.6) is 0 Å². The van der Waals surface area contributed by atoms with Crippen molar-refractivity contribution in [3.05, 3.63) is 23.3 Å². The molecule has 0 fully saturated rings. The summed E-state index contributed by atoms with van der Waals surface area (Å²) in [6.45, 7) is 6.38. The van der Waals surface area contributed by atoms with Crippen molar-refractivity contribution in [3.63, 3.8) is 0 Å². The monoisotopic (exact) mass is 176 g/mol. The molecule has 2 rings (SSSR count). The van der Waals surface area contributed by atoms with Crippen LogP contribution in [0.3, 0.4) is 0 Å². The summed E-state index contributed by atoms with van der Waals surface area (Å²) in [5, 5.41) is 0. The highest BCUT2D eigenvalue weighted by Gasteiger charge is 2.22. The number of anilines is 2. The van der Waals surface area contributed by atoms with Crippen LogP contribution in [-0.4, -0.2) is 13.1 Å². The van der Waals surface area contributed by atoms with Gasteiger partial charge >= 0.3 is 0 Å². The Hall–Kier alpha value is -1.18. The standard InChI is InChI=1S/C11H16N2/c1-3-13(4-2)10-6-5-8-7-9(8)11(10)12/h5-6H,3-4,7,12H2,1-2H3. The van der Waals surface area contributed by atoms with Gasteiger partial charge in [-0.25, -0.2) is 0 Å². The fraction of sp³-hybridized carbons (Fsp3) is 0.455. The van der Waals surface area contributed by atoms with Gasteiger partial charge in [-0.1, -0.05) is 6.07 Å². The van der Waals surface area contributed by atoms with Crippen LogP contribution >= 0.6 is 0 Å². The van der Waals surface area contributed by atoms with E-state index in [1.165, 1.54) is 16.8 Å². The lowest BCUT2D eigenvalue weighted by Gasteiger charge is -2.22. The summed E-state index contributed by atoms with van der Waals surface area (Å²) in [5.74, 6) is 0. The molecule has 70 valence electrons. The van der Waals surface area contributed by atoms with E-state index in [4.69, 9.17) is 5.73 Å². The van der Waals surface area contributed by atoms with Crippen molar-refractivity contribution in [2.24, 2.45) is 0 Å². The maximum Gasteiger partial charge on any atom is 0.0602 e. The summed E-state index contributed by atoms with van der Waals surface area (Å²) in [6.07, 6.45) is 1.10. The SMILES string of the molecule is CCN(CC)c1ccc2c(c1N)C2. The quantitative estimate of drug-likeness (QED) is 0.725. The zero-order chi connectivity index (χ0) is 9.42. The zero-order valence-corrected chi connectivity index (χ0v) is 8.30. The van der Waals surface area contributed by atoms with Crippen molar-refractivity contribution in [1.82, 2.24) is 0 Å². The summed E-state index contributed by atoms with van der Waals surface area (Å²) in [5.41, 5.74) is 11.0. The first-order chi connectivity index (χ1) is 6.27. The molecule has 0 saturated heterocycles. The normalized spacial score (nSPS) is 12.5. The van der Waals surface area contributed by atoms with Gasteiger partial charge in [-0.3, -0.25) is 0 Å². The van der Waals surface area contributed by atoms with Crippen LogP contribution in [0.1, 0.15) is 25.0 Å². The number of hydrogen-bond acceptors (Lipinski definition) is 2. The average molecular weight is 176 g/mol. The van der Waals surface area contributed by atoms with Gasteiger partial charge in [0.15, 0.2) is 0 Å². The molecule has 0 aromatic heterocycles. The lowest BCUT2D eigenvalue weighted by Crippen LogP contribution is -2.22. The first-order valence-corrected chi connectivity index (χ1v) is 4.93. The second kappa shape index (κ2) is 2.95. The van der Waals surface area contributed by atoms with Crippen LogP contribution in [0.25, 0.3) is 0 Å². The van der Waals surface area contributed by atoms with Crippen molar-refractivity contribution in [2.45, 2.75) is 20.3 Å². The van der Waals surface area contributed by atoms with Gasteiger partial charge in [-0.05, 0) is 31.0 Å². The van der Waals surface area contributed by atoms with E-state index in [2.05, 4.69) is 30.9 Å². The van der Waals surface area contributed by atoms with Crippen molar-refractivity contribution in [2.75, 3.05) is 23.7 Å². The van der Waals surface area contributed by atoms with Crippen LogP contribution < -0.4 is 10.6 Å². The van der Waals surface area contributed by atoms with E-state index in [0.717, 1.165) is 25.2 Å². The molecule has 0 amide bonds. The van der Waals surface area contributed by atoms with E-state index in [-0.39, 0.29) is 0 Å². The van der Waals surface area contributed by atoms with Crippen LogP contribution in [-0.2, 0) is 6.42 Å². The predicted octanol–water partition coefficient (Wildman–Crippen LogP) is 2.02. The molecule has 0 atom stereocenters. The minimum Gasteiger partial charge on any atom is -0.397 e. The first-order valence-electron chi connectivity index (χ1n) is 4.93. The Morgan fingerprint density at radius 2 is 2.00 bits per heavy atom. The number of benzene rings is 1. The highest BCUT2D eigenvalue weighted by molar-refractivity contribution is 5.78. The Morgan fingerprint density at radius 1 is 1.31 bits per heavy atom. The minimum atomic E-state index is 1.00. The molecular formula is C11H16N2. The molecule has 0 heterocycles. The molecule has 0 saturated carbocycles. The van der Waals surface area contributed by atoms with Gasteiger partial charge in [0.2, 0.25) is 0 Å². The summed E-state index contributed by atoms with van der Waals surface area (Å²) in [7, 11) is 0. The molecule has 0 unspecified atom stereocenters. The number of hydrogen-bond donors (Lipinski definition) is 1. The van der Waals surface area contributed by atoms with E-state index < -0.39 is 0 Å². The Morgan fingerprint density at radius 3 is 2.62 bits per heavy atom. The smallest absolute Gasteiger partial charge is 0.0602 e. The van der Waals surface area contributed by atoms with E-state index in [9.17, 15) is 0 Å². The van der Waals surface area contributed by atoms with Gasteiger partial charge in [0.05, 0.1) is 11.4 Å². The highest BCUT2D eigenvalue weighted by Crippen LogP contribution is 2.39. The van der Waals surface area contributed by atoms with Crippen LogP contribution in [0, 0.1) is 0 Å². The second-order valence-electron chi connectivity index (χ2n) is 3.49. The van der Waals surface area contributed by atoms with Gasteiger partial charge in [-0.15, -0.1) is 0 Å². The van der Waals surface area contributed by atoms with Gasteiger partial charge in [-0.2, -0.15) is 0 Å². The summed E-state index contributed by atoms with van der Waals surface area (Å²) < 4.78 is 0. The Kier molecular flexibility index (Phi) is 1.91. The number of nitrogen functional groups attached to an aromatic ring is 1. The molecule has 2 N–H and O–H groups in total. The van der Waals surface area contributed by atoms with Crippen molar-refractivity contribution < 1.29 is 0 Å². The second-order valence-corrected chi connectivity index (χ2v) is 3.49. The first kappa shape index (κ1) is 8.42. The van der Waals surface area contributed by atoms with Crippen LogP contribution in [0.15, 0.2) is 12.1 Å². The van der Waals surface area contributed by atoms with Gasteiger partial charge in [0.25, 0.3) is 0 Å². The lowest BCUT2D eigenvalue weighted by atomic mass is 10.2. The molecule has 1 aromatic rings. The molecule has 13 heavy (non-hydrogen) atoms. The fourth-order valence-electron chi connectivity index (χ4n) is 1.84. The topological polar surface area (TPSA) is 29.3 Å². The molecule has 0 aliphatic heterocycles. The van der Waals surface area contributed by atoms with E-state index >= 15 is 0 Å². The molecule has 1 aliphatic carbocycles. The fourth-order valence-corrected chi connectivity index (χ4v) is 1.84. The third-order valence-corrected chi connectivity index (χ3v) is 2.78. The largest absolute Gasteiger partial charge is 0.397 e. The Labute approximate surface area is 79.4 Å². The molecule has 2 nitrogen and oxygen atoms in total. The summed E-state index contributed by atoms with van der Waals surface area (Å²) in [4.78, 5) is 2.30. The Balaban J connectivity index is 2.35. The van der Waals surface area contributed by atoms with E-state index in [1.807, 2.05) is 0 Å². The molecule has 1 aliphatic rings. The summed E-state index contributed by atoms with van der Waals surface area (Å²) in [6, 6.07) is 4.34. The third-order valence-electron chi connectivity index (χ3n) is 2.78. The van der Waals surface area contributed by atoms with Crippen molar-refractivity contribution in [1.29, 1.82) is 0 Å². The minimum absolute atomic E-state index is 1.00. The maximum atomic E-state index is 6.05. The molecule has 0 spiro atoms. The van der Waals surface area contributed by atoms with Gasteiger partial charge < -0.3 is 10.6 Å². The average Bonchev–Trinajstić information content (AvgIpc) is 2.90. The number of nitrogens with two attached hydrogens (primary N) is 1. The van der Waals surface area contributed by atoms with Crippen LogP contribution in [0.4, 0.5) is 11.4 Å². The van der Waals surface area contributed by atoms with Gasteiger partial charge in [0, 0.05) is 19.5 Å². The molecule has 1 aromatic carbocycles. The predicted molar refractivity (Wildman–Crippen MR) is 57.2 cm³/mol. The van der Waals surface area contributed by atoms with Crippen molar-refractivity contribution in [3.8, 4) is 0 Å². The third kappa shape index (κ3) is 1.26. The zero-order valence-electron chi connectivity index (χ0n) is 8.30.